The number of ether oxygens (including phenoxy) is 2. The number of rotatable bonds is 15. The number of hydrogen-bond acceptors (Lipinski definition) is 4. The van der Waals surface area contributed by atoms with Crippen LogP contribution in [0.2, 0.25) is 0 Å². The minimum Gasteiger partial charge on any atom is -0.466 e. The summed E-state index contributed by atoms with van der Waals surface area (Å²) in [4.78, 5) is 23.5. The van der Waals surface area contributed by atoms with Gasteiger partial charge in [-0.25, -0.2) is 0 Å². The maximum absolute atomic E-state index is 12.0. The van der Waals surface area contributed by atoms with Gasteiger partial charge in [0.15, 0.2) is 0 Å². The standard InChI is InChI=1S/C23H36O4/c1-3-5-19-26-22(24)17-13-8-6-7-9-14-18-23(25)27-21(4-2)20-15-11-10-12-16-20/h10-12,15-16,21H,3-9,13-14,17-19H2,1-2H3. The lowest BCUT2D eigenvalue weighted by Crippen LogP contribution is -2.10. The molecule has 0 spiro atoms. The molecule has 0 saturated carbocycles. The van der Waals surface area contributed by atoms with E-state index in [9.17, 15) is 9.59 Å². The molecule has 0 amide bonds. The largest absolute Gasteiger partial charge is 0.466 e. The van der Waals surface area contributed by atoms with Crippen molar-refractivity contribution in [2.24, 2.45) is 0 Å². The zero-order valence-electron chi connectivity index (χ0n) is 17.1. The van der Waals surface area contributed by atoms with Crippen molar-refractivity contribution in [1.29, 1.82) is 0 Å². The number of carbonyl (C=O) groups excluding carboxylic acids is 2. The highest BCUT2D eigenvalue weighted by molar-refractivity contribution is 5.69. The molecule has 0 radical (unpaired) electrons. The molecule has 0 aromatic heterocycles. The van der Waals surface area contributed by atoms with Crippen molar-refractivity contribution in [3.8, 4) is 0 Å². The molecule has 152 valence electrons. The van der Waals surface area contributed by atoms with Gasteiger partial charge in [-0.05, 0) is 31.2 Å². The quantitative estimate of drug-likeness (QED) is 0.272. The average molecular weight is 377 g/mol. The van der Waals surface area contributed by atoms with E-state index in [1.165, 1.54) is 0 Å². The van der Waals surface area contributed by atoms with Gasteiger partial charge in [0.2, 0.25) is 0 Å². The topological polar surface area (TPSA) is 52.6 Å². The number of hydrogen-bond donors (Lipinski definition) is 0. The van der Waals surface area contributed by atoms with Crippen LogP contribution in [-0.4, -0.2) is 18.5 Å². The normalized spacial score (nSPS) is 11.8. The molecule has 4 heteroatoms. The predicted octanol–water partition coefficient (Wildman–Crippen LogP) is 6.15. The minimum absolute atomic E-state index is 0.0740. The summed E-state index contributed by atoms with van der Waals surface area (Å²) in [7, 11) is 0. The van der Waals surface area contributed by atoms with Crippen molar-refractivity contribution >= 4 is 11.9 Å². The summed E-state index contributed by atoms with van der Waals surface area (Å²) in [6.07, 6.45) is 9.65. The fourth-order valence-corrected chi connectivity index (χ4v) is 2.92. The first-order chi connectivity index (χ1) is 13.2. The molecule has 1 aromatic carbocycles. The van der Waals surface area contributed by atoms with E-state index < -0.39 is 0 Å². The van der Waals surface area contributed by atoms with Gasteiger partial charge in [-0.2, -0.15) is 0 Å². The summed E-state index contributed by atoms with van der Waals surface area (Å²) in [6.45, 7) is 4.66. The minimum atomic E-state index is -0.143. The molecule has 1 rings (SSSR count). The van der Waals surface area contributed by atoms with Gasteiger partial charge >= 0.3 is 11.9 Å². The van der Waals surface area contributed by atoms with Gasteiger partial charge in [-0.15, -0.1) is 0 Å². The van der Waals surface area contributed by atoms with Gasteiger partial charge in [0.05, 0.1) is 6.61 Å². The van der Waals surface area contributed by atoms with Crippen molar-refractivity contribution in [3.63, 3.8) is 0 Å². The lowest BCUT2D eigenvalue weighted by Gasteiger charge is -2.16. The van der Waals surface area contributed by atoms with E-state index >= 15 is 0 Å². The molecule has 0 N–H and O–H groups in total. The Morgan fingerprint density at radius 3 is 2.00 bits per heavy atom. The Kier molecular flexibility index (Phi) is 13.1. The van der Waals surface area contributed by atoms with Gasteiger partial charge < -0.3 is 9.47 Å². The number of carbonyl (C=O) groups is 2. The molecule has 1 unspecified atom stereocenters. The van der Waals surface area contributed by atoms with Crippen LogP contribution >= 0.6 is 0 Å². The van der Waals surface area contributed by atoms with E-state index in [0.29, 0.717) is 19.4 Å². The second-order valence-electron chi connectivity index (χ2n) is 6.99. The predicted molar refractivity (Wildman–Crippen MR) is 108 cm³/mol. The van der Waals surface area contributed by atoms with Crippen LogP contribution in [0.1, 0.15) is 96.1 Å². The van der Waals surface area contributed by atoms with Crippen LogP contribution in [0.5, 0.6) is 0 Å². The maximum Gasteiger partial charge on any atom is 0.306 e. The first kappa shape index (κ1) is 23.2. The maximum atomic E-state index is 12.0. The SMILES string of the molecule is CCCCOC(=O)CCCCCCCCC(=O)OC(CC)c1ccccc1. The first-order valence-corrected chi connectivity index (χ1v) is 10.6. The van der Waals surface area contributed by atoms with E-state index in [1.807, 2.05) is 37.3 Å². The Morgan fingerprint density at radius 1 is 0.815 bits per heavy atom. The van der Waals surface area contributed by atoms with Crippen molar-refractivity contribution in [3.05, 3.63) is 35.9 Å². The highest BCUT2D eigenvalue weighted by Gasteiger charge is 2.14. The van der Waals surface area contributed by atoms with E-state index in [4.69, 9.17) is 9.47 Å². The summed E-state index contributed by atoms with van der Waals surface area (Å²) < 4.78 is 10.7. The van der Waals surface area contributed by atoms with Crippen molar-refractivity contribution in [2.45, 2.75) is 90.6 Å². The molecule has 1 aromatic rings. The van der Waals surface area contributed by atoms with E-state index in [0.717, 1.165) is 63.4 Å². The second-order valence-corrected chi connectivity index (χ2v) is 6.99. The summed E-state index contributed by atoms with van der Waals surface area (Å²) in [5.41, 5.74) is 1.06. The summed E-state index contributed by atoms with van der Waals surface area (Å²) in [5, 5.41) is 0. The van der Waals surface area contributed by atoms with E-state index in [-0.39, 0.29) is 18.0 Å². The lowest BCUT2D eigenvalue weighted by atomic mass is 10.1. The number of esters is 2. The number of unbranched alkanes of at least 4 members (excludes halogenated alkanes) is 6. The van der Waals surface area contributed by atoms with Crippen LogP contribution in [0, 0.1) is 0 Å². The molecule has 0 aliphatic carbocycles. The van der Waals surface area contributed by atoms with Crippen molar-refractivity contribution in [1.82, 2.24) is 0 Å². The fraction of sp³-hybridized carbons (Fsp3) is 0.652. The van der Waals surface area contributed by atoms with Gasteiger partial charge in [0, 0.05) is 12.8 Å². The van der Waals surface area contributed by atoms with Crippen LogP contribution in [0.25, 0.3) is 0 Å². The lowest BCUT2D eigenvalue weighted by molar-refractivity contribution is -0.150. The first-order valence-electron chi connectivity index (χ1n) is 10.6. The zero-order chi connectivity index (χ0) is 19.7. The van der Waals surface area contributed by atoms with Crippen molar-refractivity contribution in [2.75, 3.05) is 6.61 Å². The molecule has 0 saturated heterocycles. The third-order valence-corrected chi connectivity index (χ3v) is 4.59. The Labute approximate surface area is 164 Å². The van der Waals surface area contributed by atoms with Crippen molar-refractivity contribution < 1.29 is 19.1 Å². The number of benzene rings is 1. The molecule has 0 fully saturated rings. The van der Waals surface area contributed by atoms with Gasteiger partial charge in [0.1, 0.15) is 6.10 Å². The Bertz CT molecular complexity index is 512. The monoisotopic (exact) mass is 376 g/mol. The van der Waals surface area contributed by atoms with Crippen LogP contribution in [-0.2, 0) is 19.1 Å². The van der Waals surface area contributed by atoms with E-state index in [2.05, 4.69) is 6.92 Å². The highest BCUT2D eigenvalue weighted by atomic mass is 16.5. The fourth-order valence-electron chi connectivity index (χ4n) is 2.92. The molecule has 27 heavy (non-hydrogen) atoms. The Morgan fingerprint density at radius 2 is 1.41 bits per heavy atom. The van der Waals surface area contributed by atoms with Crippen LogP contribution in [0.15, 0.2) is 30.3 Å². The summed E-state index contributed by atoms with van der Waals surface area (Å²) in [5.74, 6) is -0.185. The Balaban J connectivity index is 2.01. The van der Waals surface area contributed by atoms with Crippen LogP contribution in [0.4, 0.5) is 0 Å². The average Bonchev–Trinajstić information content (AvgIpc) is 2.69. The van der Waals surface area contributed by atoms with E-state index in [1.54, 1.807) is 0 Å². The molecule has 4 nitrogen and oxygen atoms in total. The molecule has 0 bridgehead atoms. The van der Waals surface area contributed by atoms with Gasteiger partial charge in [-0.3, -0.25) is 9.59 Å². The zero-order valence-corrected chi connectivity index (χ0v) is 17.1. The highest BCUT2D eigenvalue weighted by Crippen LogP contribution is 2.21. The third kappa shape index (κ3) is 11.5. The van der Waals surface area contributed by atoms with Gasteiger partial charge in [-0.1, -0.05) is 76.3 Å². The van der Waals surface area contributed by atoms with Crippen LogP contribution < -0.4 is 0 Å². The third-order valence-electron chi connectivity index (χ3n) is 4.59. The Hall–Kier alpha value is -1.84. The molecule has 0 aliphatic heterocycles. The van der Waals surface area contributed by atoms with Gasteiger partial charge in [0.25, 0.3) is 0 Å². The smallest absolute Gasteiger partial charge is 0.306 e. The second kappa shape index (κ2) is 15.2. The molecular weight excluding hydrogens is 340 g/mol. The summed E-state index contributed by atoms with van der Waals surface area (Å²) in [6, 6.07) is 9.91. The molecular formula is C23H36O4. The molecule has 1 atom stereocenters. The molecule has 0 aliphatic rings. The molecule has 0 heterocycles. The summed E-state index contributed by atoms with van der Waals surface area (Å²) >= 11 is 0. The van der Waals surface area contributed by atoms with Crippen LogP contribution in [0.3, 0.4) is 0 Å².